The van der Waals surface area contributed by atoms with Gasteiger partial charge in [-0.1, -0.05) is 20.8 Å². The molecule has 147 valence electrons. The molecule has 0 aromatic heterocycles. The lowest BCUT2D eigenvalue weighted by atomic mass is 9.44. The van der Waals surface area contributed by atoms with Gasteiger partial charge >= 0.3 is 0 Å². The van der Waals surface area contributed by atoms with Gasteiger partial charge in [0.25, 0.3) is 0 Å². The monoisotopic (exact) mass is 359 g/mol. The van der Waals surface area contributed by atoms with Crippen LogP contribution in [0.15, 0.2) is 0 Å². The maximum Gasteiger partial charge on any atom is 0.198 e. The van der Waals surface area contributed by atoms with Gasteiger partial charge in [0.1, 0.15) is 0 Å². The Morgan fingerprint density at radius 1 is 1.00 bits per heavy atom. The number of aliphatic hydroxyl groups is 1. The van der Waals surface area contributed by atoms with Crippen molar-refractivity contribution in [1.82, 2.24) is 0 Å². The molecule has 9 atom stereocenters. The van der Waals surface area contributed by atoms with Gasteiger partial charge in [-0.2, -0.15) is 0 Å². The lowest BCUT2D eigenvalue weighted by Crippen LogP contribution is -2.54. The van der Waals surface area contributed by atoms with Crippen LogP contribution in [0.4, 0.5) is 0 Å². The van der Waals surface area contributed by atoms with Crippen molar-refractivity contribution in [3.05, 3.63) is 0 Å². The highest BCUT2D eigenvalue weighted by molar-refractivity contribution is 5.50. The molecule has 1 radical (unpaired) electrons. The Hall–Kier alpha value is -0.370. The van der Waals surface area contributed by atoms with Gasteiger partial charge in [0.15, 0.2) is 6.29 Å². The summed E-state index contributed by atoms with van der Waals surface area (Å²) in [4.78, 5) is 10.7. The van der Waals surface area contributed by atoms with Crippen molar-refractivity contribution in [3.63, 3.8) is 0 Å². The number of hydrogen-bond donors (Lipinski definition) is 1. The molecule has 0 spiro atoms. The van der Waals surface area contributed by atoms with Crippen molar-refractivity contribution in [1.29, 1.82) is 0 Å². The van der Waals surface area contributed by atoms with Crippen molar-refractivity contribution in [2.45, 2.75) is 97.5 Å². The van der Waals surface area contributed by atoms with E-state index >= 15 is 0 Å². The largest absolute Gasteiger partial charge is 0.393 e. The van der Waals surface area contributed by atoms with Gasteiger partial charge < -0.3 is 5.11 Å². The van der Waals surface area contributed by atoms with Crippen molar-refractivity contribution in [3.8, 4) is 0 Å². The summed E-state index contributed by atoms with van der Waals surface area (Å²) < 4.78 is 0. The first-order valence-corrected chi connectivity index (χ1v) is 11.4. The van der Waals surface area contributed by atoms with E-state index < -0.39 is 0 Å². The van der Waals surface area contributed by atoms with Gasteiger partial charge in [-0.15, -0.1) is 0 Å². The molecule has 4 saturated carbocycles. The zero-order chi connectivity index (χ0) is 18.5. The highest BCUT2D eigenvalue weighted by Crippen LogP contribution is 2.68. The fourth-order valence-electron chi connectivity index (χ4n) is 8.70. The zero-order valence-electron chi connectivity index (χ0n) is 17.2. The molecule has 2 heteroatoms. The molecule has 26 heavy (non-hydrogen) atoms. The molecule has 0 unspecified atom stereocenters. The first-order valence-electron chi connectivity index (χ1n) is 11.4. The predicted molar refractivity (Wildman–Crippen MR) is 105 cm³/mol. The van der Waals surface area contributed by atoms with Crippen LogP contribution in [-0.4, -0.2) is 17.5 Å². The summed E-state index contributed by atoms with van der Waals surface area (Å²) in [5, 5.41) is 10.2. The highest BCUT2D eigenvalue weighted by Gasteiger charge is 2.60. The van der Waals surface area contributed by atoms with Gasteiger partial charge in [-0.05, 0) is 111 Å². The molecule has 0 aromatic carbocycles. The summed E-state index contributed by atoms with van der Waals surface area (Å²) in [5.41, 5.74) is 0.987. The second kappa shape index (κ2) is 6.90. The molecule has 0 amide bonds. The van der Waals surface area contributed by atoms with E-state index in [4.69, 9.17) is 0 Å². The quantitative estimate of drug-likeness (QED) is 0.716. The average Bonchev–Trinajstić information content (AvgIpc) is 2.97. The first kappa shape index (κ1) is 19.0. The van der Waals surface area contributed by atoms with Crippen LogP contribution in [0, 0.1) is 46.3 Å². The molecule has 4 rings (SSSR count). The smallest absolute Gasteiger partial charge is 0.198 e. The number of fused-ring (bicyclic) bond motifs is 5. The number of carbonyl (C=O) groups excluding carboxylic acids is 1. The summed E-state index contributed by atoms with van der Waals surface area (Å²) in [7, 11) is 0. The Morgan fingerprint density at radius 2 is 1.73 bits per heavy atom. The van der Waals surface area contributed by atoms with E-state index in [0.717, 1.165) is 48.9 Å². The molecule has 4 aliphatic rings. The van der Waals surface area contributed by atoms with Crippen LogP contribution in [0.25, 0.3) is 0 Å². The van der Waals surface area contributed by atoms with Crippen LogP contribution >= 0.6 is 0 Å². The van der Waals surface area contributed by atoms with Gasteiger partial charge in [0.2, 0.25) is 0 Å². The Bertz CT molecular complexity index is 530. The topological polar surface area (TPSA) is 37.3 Å². The van der Waals surface area contributed by atoms with Gasteiger partial charge in [-0.25, -0.2) is 0 Å². The molecule has 0 bridgehead atoms. The van der Waals surface area contributed by atoms with E-state index in [1.165, 1.54) is 44.9 Å². The maximum absolute atomic E-state index is 10.7. The second-order valence-corrected chi connectivity index (χ2v) is 11.0. The normalized spacial score (nSPS) is 51.8. The molecule has 0 heterocycles. The second-order valence-electron chi connectivity index (χ2n) is 11.0. The van der Waals surface area contributed by atoms with E-state index in [2.05, 4.69) is 27.1 Å². The van der Waals surface area contributed by atoms with Crippen LogP contribution in [-0.2, 0) is 4.79 Å². The Balaban J connectivity index is 1.53. The van der Waals surface area contributed by atoms with E-state index in [0.29, 0.717) is 23.2 Å². The number of rotatable bonds is 4. The Morgan fingerprint density at radius 3 is 2.50 bits per heavy atom. The molecular weight excluding hydrogens is 320 g/mol. The summed E-state index contributed by atoms with van der Waals surface area (Å²) in [6, 6.07) is 0. The molecule has 0 aliphatic heterocycles. The molecule has 1 N–H and O–H groups in total. The van der Waals surface area contributed by atoms with Crippen LogP contribution in [0.5, 0.6) is 0 Å². The van der Waals surface area contributed by atoms with Gasteiger partial charge in [-0.3, -0.25) is 4.79 Å². The van der Waals surface area contributed by atoms with E-state index in [9.17, 15) is 9.90 Å². The van der Waals surface area contributed by atoms with Gasteiger partial charge in [0, 0.05) is 6.42 Å². The Labute approximate surface area is 160 Å². The van der Waals surface area contributed by atoms with Gasteiger partial charge in [0.05, 0.1) is 6.10 Å². The van der Waals surface area contributed by atoms with Crippen molar-refractivity contribution >= 4 is 6.29 Å². The lowest BCUT2D eigenvalue weighted by molar-refractivity contribution is -0.129. The Kier molecular flexibility index (Phi) is 5.04. The zero-order valence-corrected chi connectivity index (χ0v) is 17.2. The van der Waals surface area contributed by atoms with Crippen LogP contribution in [0.1, 0.15) is 91.4 Å². The lowest BCUT2D eigenvalue weighted by Gasteiger charge is -2.61. The summed E-state index contributed by atoms with van der Waals surface area (Å²) in [6.07, 6.45) is 15.4. The maximum atomic E-state index is 10.7. The van der Waals surface area contributed by atoms with Crippen molar-refractivity contribution in [2.24, 2.45) is 46.3 Å². The molecule has 2 nitrogen and oxygen atoms in total. The van der Waals surface area contributed by atoms with Crippen molar-refractivity contribution < 1.29 is 9.90 Å². The van der Waals surface area contributed by atoms with E-state index in [1.54, 1.807) is 0 Å². The fraction of sp³-hybridized carbons (Fsp3) is 0.958. The molecule has 0 aromatic rings. The van der Waals surface area contributed by atoms with E-state index in [-0.39, 0.29) is 6.10 Å². The third kappa shape index (κ3) is 2.81. The molecule has 4 fully saturated rings. The third-order valence-corrected chi connectivity index (χ3v) is 10.1. The minimum Gasteiger partial charge on any atom is -0.393 e. The fourth-order valence-corrected chi connectivity index (χ4v) is 8.70. The minimum atomic E-state index is -0.0372. The SMILES string of the molecule is C[C@H](CC[C]=O)[C@H]1CC[C@H]2[C@@H]3CC[C@@H]4C[C@H](O)CC[C@]4(C)[C@H]3CC[C@]12C. The van der Waals surface area contributed by atoms with Crippen molar-refractivity contribution in [2.75, 3.05) is 0 Å². The molecule has 0 saturated heterocycles. The highest BCUT2D eigenvalue weighted by atomic mass is 16.3. The summed E-state index contributed by atoms with van der Waals surface area (Å²) in [5.74, 6) is 4.94. The summed E-state index contributed by atoms with van der Waals surface area (Å²) >= 11 is 0. The molecular formula is C24H39O2. The number of hydrogen-bond acceptors (Lipinski definition) is 2. The number of aliphatic hydroxyl groups excluding tert-OH is 1. The minimum absolute atomic E-state index is 0.0372. The predicted octanol–water partition coefficient (Wildman–Crippen LogP) is 5.53. The van der Waals surface area contributed by atoms with E-state index in [1.807, 2.05) is 0 Å². The van der Waals surface area contributed by atoms with Crippen LogP contribution in [0.3, 0.4) is 0 Å². The average molecular weight is 360 g/mol. The first-order chi connectivity index (χ1) is 12.4. The van der Waals surface area contributed by atoms with Crippen LogP contribution < -0.4 is 0 Å². The molecule has 4 aliphatic carbocycles. The third-order valence-electron chi connectivity index (χ3n) is 10.1. The van der Waals surface area contributed by atoms with Crippen LogP contribution in [0.2, 0.25) is 0 Å². The standard InChI is InChI=1S/C24H39O2/c1-16(5-4-14-25)20-8-9-21-19-7-6-17-15-18(26)10-12-23(17,2)22(19)11-13-24(20,21)3/h16-22,26H,4-13,15H2,1-3H3/t16-,17-,18-,19+,20-,21+,22+,23+,24-/m1/s1. The summed E-state index contributed by atoms with van der Waals surface area (Å²) in [6.45, 7) is 7.58.